The van der Waals surface area contributed by atoms with E-state index in [2.05, 4.69) is 5.10 Å². The molecular weight excluding hydrogens is 373 g/mol. The lowest BCUT2D eigenvalue weighted by Crippen LogP contribution is -2.21. The van der Waals surface area contributed by atoms with Crippen LogP contribution in [0.5, 0.6) is 0 Å². The second kappa shape index (κ2) is 6.51. The fourth-order valence-electron chi connectivity index (χ4n) is 2.84. The van der Waals surface area contributed by atoms with Crippen LogP contribution in [-0.2, 0) is 30.1 Å². The molecule has 0 amide bonds. The minimum absolute atomic E-state index is 0.0349. The molecule has 0 spiro atoms. The number of aryl methyl sites for hydroxylation is 1. The molecule has 1 aliphatic carbocycles. The quantitative estimate of drug-likeness (QED) is 0.608. The van der Waals surface area contributed by atoms with E-state index in [4.69, 9.17) is 4.55 Å². The molecule has 1 saturated carbocycles. The number of hydrogen-bond donors (Lipinski definition) is 2. The van der Waals surface area contributed by atoms with Crippen molar-refractivity contribution in [3.05, 3.63) is 56.5 Å². The van der Waals surface area contributed by atoms with E-state index in [1.165, 1.54) is 7.05 Å². The highest BCUT2D eigenvalue weighted by atomic mass is 32.2. The smallest absolute Gasteiger partial charge is 0.306 e. The van der Waals surface area contributed by atoms with Crippen molar-refractivity contribution in [2.24, 2.45) is 7.05 Å². The number of carbonyl (C=O) groups excluding carboxylic acids is 1. The summed E-state index contributed by atoms with van der Waals surface area (Å²) in [4.78, 5) is 25.2. The van der Waals surface area contributed by atoms with Gasteiger partial charge in [-0.25, -0.2) is 4.21 Å². The van der Waals surface area contributed by atoms with Gasteiger partial charge in [-0.1, -0.05) is 6.07 Å². The maximum absolute atomic E-state index is 12.9. The van der Waals surface area contributed by atoms with Crippen molar-refractivity contribution in [3.63, 3.8) is 0 Å². The number of aromatic amines is 1. The Balaban J connectivity index is 2.13. The summed E-state index contributed by atoms with van der Waals surface area (Å²) < 4.78 is 60.2. The van der Waals surface area contributed by atoms with Gasteiger partial charge in [0.1, 0.15) is 5.56 Å². The molecule has 1 aromatic heterocycles. The Labute approximate surface area is 148 Å². The summed E-state index contributed by atoms with van der Waals surface area (Å²) in [7, 11) is 1.45. The highest BCUT2D eigenvalue weighted by Crippen LogP contribution is 2.40. The molecule has 0 radical (unpaired) electrons. The Bertz CT molecular complexity index is 957. The van der Waals surface area contributed by atoms with Crippen LogP contribution in [0.2, 0.25) is 0 Å². The Hall–Kier alpha value is -2.20. The first-order valence-corrected chi connectivity index (χ1v) is 8.98. The van der Waals surface area contributed by atoms with E-state index >= 15 is 0 Å². The molecule has 1 aromatic carbocycles. The molecule has 1 unspecified atom stereocenters. The van der Waals surface area contributed by atoms with Gasteiger partial charge in [-0.05, 0) is 30.5 Å². The first-order chi connectivity index (χ1) is 12.1. The SMILES string of the molecule is Cn1[nH]c(C2CC2)c(C(=O)c2ccc(C(F)(F)F)cc2CS(=O)O)c1=O. The van der Waals surface area contributed by atoms with Gasteiger partial charge < -0.3 is 4.55 Å². The summed E-state index contributed by atoms with van der Waals surface area (Å²) in [5, 5.41) is 2.82. The van der Waals surface area contributed by atoms with Crippen LogP contribution in [0.25, 0.3) is 0 Å². The summed E-state index contributed by atoms with van der Waals surface area (Å²) in [5.41, 5.74) is -1.68. The summed E-state index contributed by atoms with van der Waals surface area (Å²) in [6.07, 6.45) is -3.04. The van der Waals surface area contributed by atoms with Crippen molar-refractivity contribution in [2.75, 3.05) is 0 Å². The number of nitrogens with one attached hydrogen (secondary N) is 1. The molecule has 0 bridgehead atoms. The van der Waals surface area contributed by atoms with Crippen LogP contribution in [0.1, 0.15) is 51.5 Å². The third-order valence-electron chi connectivity index (χ3n) is 4.24. The van der Waals surface area contributed by atoms with Crippen molar-refractivity contribution in [1.82, 2.24) is 9.78 Å². The molecule has 0 saturated heterocycles. The molecule has 0 aliphatic heterocycles. The topological polar surface area (TPSA) is 92.2 Å². The Morgan fingerprint density at radius 2 is 2.04 bits per heavy atom. The fraction of sp³-hybridized carbons (Fsp3) is 0.375. The number of aromatic nitrogens is 2. The Morgan fingerprint density at radius 1 is 1.38 bits per heavy atom. The van der Waals surface area contributed by atoms with Gasteiger partial charge >= 0.3 is 6.18 Å². The summed E-state index contributed by atoms with van der Waals surface area (Å²) >= 11 is -2.45. The lowest BCUT2D eigenvalue weighted by molar-refractivity contribution is -0.137. The van der Waals surface area contributed by atoms with Gasteiger partial charge in [0, 0.05) is 18.5 Å². The number of H-pyrrole nitrogens is 1. The normalized spacial score (nSPS) is 15.9. The minimum Gasteiger partial charge on any atom is -0.306 e. The van der Waals surface area contributed by atoms with E-state index < -0.39 is 39.9 Å². The number of hydrogen-bond acceptors (Lipinski definition) is 3. The average Bonchev–Trinajstić information content (AvgIpc) is 3.32. The van der Waals surface area contributed by atoms with Crippen LogP contribution in [0.15, 0.2) is 23.0 Å². The van der Waals surface area contributed by atoms with Crippen LogP contribution < -0.4 is 5.56 Å². The van der Waals surface area contributed by atoms with Gasteiger partial charge in [-0.3, -0.25) is 19.4 Å². The van der Waals surface area contributed by atoms with E-state index in [0.29, 0.717) is 11.8 Å². The van der Waals surface area contributed by atoms with E-state index in [-0.39, 0.29) is 22.6 Å². The number of benzene rings is 1. The minimum atomic E-state index is -4.66. The highest BCUT2D eigenvalue weighted by molar-refractivity contribution is 7.78. The lowest BCUT2D eigenvalue weighted by Gasteiger charge is -2.12. The predicted molar refractivity (Wildman–Crippen MR) is 87.4 cm³/mol. The first kappa shape index (κ1) is 18.6. The first-order valence-electron chi connectivity index (χ1n) is 7.70. The van der Waals surface area contributed by atoms with Crippen molar-refractivity contribution in [2.45, 2.75) is 30.7 Å². The molecule has 3 rings (SSSR count). The molecule has 1 aliphatic rings. The number of halogens is 3. The van der Waals surface area contributed by atoms with Gasteiger partial charge in [0.25, 0.3) is 5.56 Å². The van der Waals surface area contributed by atoms with Crippen LogP contribution >= 0.6 is 0 Å². The van der Waals surface area contributed by atoms with Crippen LogP contribution in [0.4, 0.5) is 13.2 Å². The molecule has 2 N–H and O–H groups in total. The molecule has 1 fully saturated rings. The number of rotatable bonds is 5. The fourth-order valence-corrected chi connectivity index (χ4v) is 3.34. The van der Waals surface area contributed by atoms with E-state index in [9.17, 15) is 27.0 Å². The summed E-state index contributed by atoms with van der Waals surface area (Å²) in [6, 6.07) is 2.36. The molecule has 1 heterocycles. The third-order valence-corrected chi connectivity index (χ3v) is 4.80. The van der Waals surface area contributed by atoms with Crippen molar-refractivity contribution >= 4 is 16.9 Å². The van der Waals surface area contributed by atoms with Crippen molar-refractivity contribution in [1.29, 1.82) is 0 Å². The zero-order valence-corrected chi connectivity index (χ0v) is 14.4. The number of carbonyl (C=O) groups is 1. The standard InChI is InChI=1S/C16H15F3N2O4S/c1-21-15(23)12(13(20-21)8-2-3-8)14(22)11-5-4-10(16(17,18)19)6-9(11)7-26(24)25/h4-6,8,20H,2-3,7H2,1H3,(H,24,25). The molecule has 1 atom stereocenters. The maximum Gasteiger partial charge on any atom is 0.416 e. The molecular formula is C16H15F3N2O4S. The lowest BCUT2D eigenvalue weighted by atomic mass is 9.96. The van der Waals surface area contributed by atoms with Crippen LogP contribution in [0, 0.1) is 0 Å². The van der Waals surface area contributed by atoms with Gasteiger partial charge in [0.15, 0.2) is 11.1 Å². The van der Waals surface area contributed by atoms with Crippen molar-refractivity contribution < 1.29 is 26.7 Å². The van der Waals surface area contributed by atoms with E-state index in [0.717, 1.165) is 29.7 Å². The molecule has 140 valence electrons. The van der Waals surface area contributed by atoms with Gasteiger partial charge in [0.2, 0.25) is 5.78 Å². The third kappa shape index (κ3) is 3.51. The van der Waals surface area contributed by atoms with E-state index in [1.807, 2.05) is 0 Å². The van der Waals surface area contributed by atoms with Gasteiger partial charge in [-0.15, -0.1) is 0 Å². The van der Waals surface area contributed by atoms with Crippen LogP contribution in [-0.4, -0.2) is 24.3 Å². The zero-order valence-electron chi connectivity index (χ0n) is 13.6. The molecule has 10 heteroatoms. The maximum atomic E-state index is 12.9. The van der Waals surface area contributed by atoms with Crippen molar-refractivity contribution in [3.8, 4) is 0 Å². The zero-order chi connectivity index (χ0) is 19.2. The molecule has 6 nitrogen and oxygen atoms in total. The number of ketones is 1. The monoisotopic (exact) mass is 388 g/mol. The Morgan fingerprint density at radius 3 is 2.58 bits per heavy atom. The largest absolute Gasteiger partial charge is 0.416 e. The van der Waals surface area contributed by atoms with Gasteiger partial charge in [-0.2, -0.15) is 13.2 Å². The predicted octanol–water partition coefficient (Wildman–Crippen LogP) is 2.56. The number of nitrogens with zero attached hydrogens (tertiary/aromatic N) is 1. The highest BCUT2D eigenvalue weighted by Gasteiger charge is 2.35. The second-order valence-electron chi connectivity index (χ2n) is 6.20. The van der Waals surface area contributed by atoms with Crippen LogP contribution in [0.3, 0.4) is 0 Å². The van der Waals surface area contributed by atoms with Gasteiger partial charge in [0.05, 0.1) is 17.0 Å². The Kier molecular flexibility index (Phi) is 4.65. The average molecular weight is 388 g/mol. The number of alkyl halides is 3. The second-order valence-corrected chi connectivity index (χ2v) is 7.14. The van der Waals surface area contributed by atoms with E-state index in [1.54, 1.807) is 0 Å². The molecule has 26 heavy (non-hydrogen) atoms. The summed E-state index contributed by atoms with van der Waals surface area (Å²) in [6.45, 7) is 0. The summed E-state index contributed by atoms with van der Waals surface area (Å²) in [5.74, 6) is -1.36. The molecule has 2 aromatic rings.